The van der Waals surface area contributed by atoms with E-state index in [1.807, 2.05) is 19.1 Å². The zero-order valence-electron chi connectivity index (χ0n) is 12.5. The summed E-state index contributed by atoms with van der Waals surface area (Å²) in [6.07, 6.45) is 5.21. The molecule has 1 aromatic heterocycles. The second kappa shape index (κ2) is 10.1. The van der Waals surface area contributed by atoms with Crippen LogP contribution >= 0.6 is 35.6 Å². The van der Waals surface area contributed by atoms with Gasteiger partial charge in [-0.2, -0.15) is 4.98 Å². The van der Waals surface area contributed by atoms with Crippen molar-refractivity contribution in [2.24, 2.45) is 4.99 Å². The maximum Gasteiger partial charge on any atom is 0.248 e. The molecule has 0 amide bonds. The molecule has 2 N–H and O–H groups in total. The Labute approximate surface area is 157 Å². The molecule has 2 aromatic rings. The Morgan fingerprint density at radius 3 is 2.74 bits per heavy atom. The van der Waals surface area contributed by atoms with Gasteiger partial charge in [0.25, 0.3) is 0 Å². The van der Waals surface area contributed by atoms with Gasteiger partial charge < -0.3 is 15.2 Å². The summed E-state index contributed by atoms with van der Waals surface area (Å²) in [4.78, 5) is 8.62. The fourth-order valence-corrected chi connectivity index (χ4v) is 1.78. The first-order valence-corrected chi connectivity index (χ1v) is 7.15. The number of aromatic nitrogens is 2. The number of aliphatic imine (C=N–C) groups is 1. The van der Waals surface area contributed by atoms with E-state index in [1.165, 1.54) is 0 Å². The Hall–Kier alpha value is -1.79. The lowest BCUT2D eigenvalue weighted by atomic mass is 10.2. The van der Waals surface area contributed by atoms with Crippen LogP contribution in [0.5, 0.6) is 0 Å². The van der Waals surface area contributed by atoms with Crippen molar-refractivity contribution in [3.05, 3.63) is 35.2 Å². The fraction of sp³-hybridized carbons (Fsp3) is 0.267. The van der Waals surface area contributed by atoms with Crippen LogP contribution in [0.15, 0.2) is 33.8 Å². The summed E-state index contributed by atoms with van der Waals surface area (Å²) >= 11 is 5.85. The number of nitrogens with one attached hydrogen (secondary N) is 2. The lowest BCUT2D eigenvalue weighted by molar-refractivity contribution is 0.380. The van der Waals surface area contributed by atoms with E-state index in [0.29, 0.717) is 29.2 Å². The van der Waals surface area contributed by atoms with Gasteiger partial charge in [-0.25, -0.2) is 4.99 Å². The quantitative estimate of drug-likeness (QED) is 0.320. The standard InChI is InChI=1S/C15H16ClN5O.HI/c1-3-9-18-15(17-4-2)19-10-13-20-14(21-22-13)11-5-7-12(16)8-6-11;/h1,5-8H,4,9-10H2,2H3,(H2,17,18,19);1H. The van der Waals surface area contributed by atoms with E-state index in [9.17, 15) is 0 Å². The summed E-state index contributed by atoms with van der Waals surface area (Å²) in [6.45, 7) is 3.36. The number of nitrogens with zero attached hydrogens (tertiary/aromatic N) is 3. The molecule has 0 aliphatic rings. The number of hydrogen-bond acceptors (Lipinski definition) is 4. The summed E-state index contributed by atoms with van der Waals surface area (Å²) in [6, 6.07) is 7.22. The number of halogens is 2. The molecule has 8 heteroatoms. The smallest absolute Gasteiger partial charge is 0.248 e. The van der Waals surface area contributed by atoms with Crippen molar-refractivity contribution in [1.82, 2.24) is 20.8 Å². The number of hydrogen-bond donors (Lipinski definition) is 2. The van der Waals surface area contributed by atoms with Crippen molar-refractivity contribution < 1.29 is 4.52 Å². The van der Waals surface area contributed by atoms with E-state index < -0.39 is 0 Å². The van der Waals surface area contributed by atoms with Crippen molar-refractivity contribution in [1.29, 1.82) is 0 Å². The van der Waals surface area contributed by atoms with Crippen LogP contribution < -0.4 is 10.6 Å². The summed E-state index contributed by atoms with van der Waals surface area (Å²) in [5.74, 6) is 4.02. The van der Waals surface area contributed by atoms with Gasteiger partial charge >= 0.3 is 0 Å². The monoisotopic (exact) mass is 445 g/mol. The van der Waals surface area contributed by atoms with Crippen molar-refractivity contribution in [2.75, 3.05) is 13.1 Å². The lowest BCUT2D eigenvalue weighted by Gasteiger charge is -2.07. The lowest BCUT2D eigenvalue weighted by Crippen LogP contribution is -2.37. The van der Waals surface area contributed by atoms with Crippen LogP contribution in [0.3, 0.4) is 0 Å². The molecule has 0 bridgehead atoms. The molecule has 1 heterocycles. The van der Waals surface area contributed by atoms with E-state index in [2.05, 4.69) is 31.7 Å². The number of guanidine groups is 1. The van der Waals surface area contributed by atoms with Crippen LogP contribution in [0.4, 0.5) is 0 Å². The highest BCUT2D eigenvalue weighted by atomic mass is 127. The molecule has 23 heavy (non-hydrogen) atoms. The third kappa shape index (κ3) is 6.08. The van der Waals surface area contributed by atoms with Crippen molar-refractivity contribution in [3.8, 4) is 23.7 Å². The third-order valence-corrected chi connectivity index (χ3v) is 2.90. The molecular formula is C15H17ClIN5O. The average molecular weight is 446 g/mol. The first-order valence-electron chi connectivity index (χ1n) is 6.77. The second-order valence-corrected chi connectivity index (χ2v) is 4.71. The Balaban J connectivity index is 0.00000264. The van der Waals surface area contributed by atoms with Crippen molar-refractivity contribution in [2.45, 2.75) is 13.5 Å². The molecular weight excluding hydrogens is 429 g/mol. The van der Waals surface area contributed by atoms with E-state index in [-0.39, 0.29) is 30.5 Å². The van der Waals surface area contributed by atoms with E-state index >= 15 is 0 Å². The normalized spacial score (nSPS) is 10.6. The summed E-state index contributed by atoms with van der Waals surface area (Å²) in [5.41, 5.74) is 0.834. The van der Waals surface area contributed by atoms with Gasteiger partial charge in [0.15, 0.2) is 5.96 Å². The topological polar surface area (TPSA) is 75.3 Å². The van der Waals surface area contributed by atoms with Gasteiger partial charge in [0, 0.05) is 17.1 Å². The largest absolute Gasteiger partial charge is 0.357 e. The van der Waals surface area contributed by atoms with E-state index in [1.54, 1.807) is 12.1 Å². The SMILES string of the molecule is C#CCNC(=NCc1nc(-c2ccc(Cl)cc2)no1)NCC.I. The Bertz CT molecular complexity index is 678. The molecule has 1 aromatic carbocycles. The van der Waals surface area contributed by atoms with Crippen molar-refractivity contribution in [3.63, 3.8) is 0 Å². The maximum atomic E-state index is 5.85. The maximum absolute atomic E-state index is 5.85. The van der Waals surface area contributed by atoms with Gasteiger partial charge in [-0.05, 0) is 31.2 Å². The van der Waals surface area contributed by atoms with Gasteiger partial charge in [-0.15, -0.1) is 30.4 Å². The second-order valence-electron chi connectivity index (χ2n) is 4.27. The minimum Gasteiger partial charge on any atom is -0.357 e. The van der Waals surface area contributed by atoms with Crippen LogP contribution in [-0.2, 0) is 6.54 Å². The summed E-state index contributed by atoms with van der Waals surface area (Å²) < 4.78 is 5.19. The van der Waals surface area contributed by atoms with E-state index in [0.717, 1.165) is 12.1 Å². The molecule has 6 nitrogen and oxygen atoms in total. The van der Waals surface area contributed by atoms with Gasteiger partial charge in [-0.3, -0.25) is 0 Å². The molecule has 0 fully saturated rings. The highest BCUT2D eigenvalue weighted by Gasteiger charge is 2.08. The van der Waals surface area contributed by atoms with Gasteiger partial charge in [0.2, 0.25) is 11.7 Å². The molecule has 0 aliphatic heterocycles. The molecule has 0 radical (unpaired) electrons. The van der Waals surface area contributed by atoms with Gasteiger partial charge in [-0.1, -0.05) is 22.7 Å². The molecule has 0 unspecified atom stereocenters. The molecule has 0 saturated carbocycles. The third-order valence-electron chi connectivity index (χ3n) is 2.65. The minimum absolute atomic E-state index is 0. The molecule has 0 atom stereocenters. The minimum atomic E-state index is 0. The highest BCUT2D eigenvalue weighted by molar-refractivity contribution is 14.0. The zero-order chi connectivity index (χ0) is 15.8. The molecule has 122 valence electrons. The molecule has 2 rings (SSSR count). The predicted molar refractivity (Wildman–Crippen MR) is 102 cm³/mol. The fourth-order valence-electron chi connectivity index (χ4n) is 1.66. The summed E-state index contributed by atoms with van der Waals surface area (Å²) in [7, 11) is 0. The molecule has 0 saturated heterocycles. The Morgan fingerprint density at radius 1 is 1.35 bits per heavy atom. The van der Waals surface area contributed by atoms with Gasteiger partial charge in [0.05, 0.1) is 6.54 Å². The Kier molecular flexibility index (Phi) is 8.43. The number of terminal acetylenes is 1. The number of benzene rings is 1. The predicted octanol–water partition coefficient (Wildman–Crippen LogP) is 2.70. The van der Waals surface area contributed by atoms with E-state index in [4.69, 9.17) is 22.5 Å². The number of rotatable bonds is 5. The van der Waals surface area contributed by atoms with Crippen molar-refractivity contribution >= 4 is 41.5 Å². The van der Waals surface area contributed by atoms with Crippen LogP contribution in [0.2, 0.25) is 5.02 Å². The Morgan fingerprint density at radius 2 is 2.09 bits per heavy atom. The molecule has 0 aliphatic carbocycles. The van der Waals surface area contributed by atoms with Crippen LogP contribution in [0, 0.1) is 12.3 Å². The van der Waals surface area contributed by atoms with Gasteiger partial charge in [0.1, 0.15) is 6.54 Å². The average Bonchev–Trinajstić information content (AvgIpc) is 3.00. The van der Waals surface area contributed by atoms with Crippen LogP contribution in [-0.4, -0.2) is 29.2 Å². The van der Waals surface area contributed by atoms with Crippen LogP contribution in [0.25, 0.3) is 11.4 Å². The zero-order valence-corrected chi connectivity index (χ0v) is 15.6. The van der Waals surface area contributed by atoms with Crippen LogP contribution in [0.1, 0.15) is 12.8 Å². The first kappa shape index (κ1) is 19.3. The first-order chi connectivity index (χ1) is 10.7. The summed E-state index contributed by atoms with van der Waals surface area (Å²) in [5, 5.41) is 10.6. The molecule has 0 spiro atoms. The highest BCUT2D eigenvalue weighted by Crippen LogP contribution is 2.18.